The molecule has 6 nitrogen and oxygen atoms in total. The number of carbonyl (C=O) groups excluding carboxylic acids is 1. The molecule has 1 heterocycles. The molecular formula is C31H37N3O3. The highest BCUT2D eigenvalue weighted by molar-refractivity contribution is 5.79. The molecule has 0 aliphatic carbocycles. The molecule has 0 spiro atoms. The number of fused-ring (bicyclic) bond motifs is 1. The van der Waals surface area contributed by atoms with E-state index in [1.165, 1.54) is 11.1 Å². The molecule has 0 aliphatic heterocycles. The van der Waals surface area contributed by atoms with Crippen LogP contribution in [-0.2, 0) is 11.3 Å². The molecule has 3 aromatic carbocycles. The molecule has 1 unspecified atom stereocenters. The zero-order valence-electron chi connectivity index (χ0n) is 22.5. The number of hydrogen-bond donors (Lipinski definition) is 1. The minimum atomic E-state index is -0.256. The van der Waals surface area contributed by atoms with Gasteiger partial charge in [0.1, 0.15) is 17.3 Å². The summed E-state index contributed by atoms with van der Waals surface area (Å²) in [7, 11) is 0. The number of nitrogens with zero attached hydrogens (tertiary/aromatic N) is 2. The Morgan fingerprint density at radius 2 is 1.73 bits per heavy atom. The van der Waals surface area contributed by atoms with E-state index in [2.05, 4.69) is 35.9 Å². The van der Waals surface area contributed by atoms with Gasteiger partial charge in [0.2, 0.25) is 0 Å². The second kappa shape index (κ2) is 12.0. The van der Waals surface area contributed by atoms with Crippen molar-refractivity contribution < 1.29 is 14.3 Å². The first-order valence-electron chi connectivity index (χ1n) is 13.0. The second-order valence-electron chi connectivity index (χ2n) is 9.71. The van der Waals surface area contributed by atoms with Gasteiger partial charge in [0.05, 0.1) is 23.7 Å². The van der Waals surface area contributed by atoms with E-state index in [-0.39, 0.29) is 18.6 Å². The van der Waals surface area contributed by atoms with Gasteiger partial charge in [-0.3, -0.25) is 4.79 Å². The van der Waals surface area contributed by atoms with E-state index >= 15 is 0 Å². The third kappa shape index (κ3) is 6.50. The number of rotatable bonds is 11. The summed E-state index contributed by atoms with van der Waals surface area (Å²) in [5.41, 5.74) is 6.54. The van der Waals surface area contributed by atoms with Gasteiger partial charge in [-0.2, -0.15) is 0 Å². The number of ether oxygens (including phenoxy) is 2. The van der Waals surface area contributed by atoms with Crippen molar-refractivity contribution in [2.24, 2.45) is 0 Å². The fourth-order valence-electron chi connectivity index (χ4n) is 4.45. The first-order valence-corrected chi connectivity index (χ1v) is 13.0. The van der Waals surface area contributed by atoms with Crippen molar-refractivity contribution in [1.29, 1.82) is 0 Å². The van der Waals surface area contributed by atoms with Crippen molar-refractivity contribution in [2.75, 3.05) is 13.2 Å². The van der Waals surface area contributed by atoms with Crippen LogP contribution in [-0.4, -0.2) is 28.7 Å². The molecule has 1 aromatic heterocycles. The van der Waals surface area contributed by atoms with Gasteiger partial charge in [-0.05, 0) is 94.0 Å². The largest absolute Gasteiger partial charge is 0.493 e. The molecule has 0 saturated heterocycles. The van der Waals surface area contributed by atoms with Crippen LogP contribution in [0.15, 0.2) is 60.7 Å². The molecule has 0 aliphatic rings. The van der Waals surface area contributed by atoms with E-state index in [1.54, 1.807) is 0 Å². The van der Waals surface area contributed by atoms with E-state index in [4.69, 9.17) is 14.5 Å². The number of aromatic nitrogens is 2. The average molecular weight is 500 g/mol. The number of nitrogens with one attached hydrogen (secondary N) is 1. The monoisotopic (exact) mass is 499 g/mol. The lowest BCUT2D eigenvalue weighted by atomic mass is 10.1. The van der Waals surface area contributed by atoms with Crippen molar-refractivity contribution in [1.82, 2.24) is 14.9 Å². The molecule has 6 heteroatoms. The van der Waals surface area contributed by atoms with E-state index in [0.29, 0.717) is 6.61 Å². The molecular weight excluding hydrogens is 462 g/mol. The van der Waals surface area contributed by atoms with Gasteiger partial charge in [0.15, 0.2) is 6.61 Å². The third-order valence-electron chi connectivity index (χ3n) is 6.74. The van der Waals surface area contributed by atoms with Crippen molar-refractivity contribution in [3.8, 4) is 11.5 Å². The lowest BCUT2D eigenvalue weighted by Gasteiger charge is -2.17. The lowest BCUT2D eigenvalue weighted by Crippen LogP contribution is -2.32. The summed E-state index contributed by atoms with van der Waals surface area (Å²) in [6, 6.07) is 20.0. The summed E-state index contributed by atoms with van der Waals surface area (Å²) in [6.07, 6.45) is 1.86. The van der Waals surface area contributed by atoms with E-state index in [9.17, 15) is 4.79 Å². The van der Waals surface area contributed by atoms with Crippen molar-refractivity contribution in [3.05, 3.63) is 88.7 Å². The van der Waals surface area contributed by atoms with Crippen LogP contribution in [0.25, 0.3) is 11.0 Å². The van der Waals surface area contributed by atoms with Gasteiger partial charge in [-0.1, -0.05) is 36.4 Å². The SMILES string of the molecule is Cc1ccc(C)c(OCC(=O)NC(C)c2nc3ccccc3n2CCCCOc2cccc(C)c2C)c1. The van der Waals surface area contributed by atoms with E-state index in [1.807, 2.05) is 69.3 Å². The quantitative estimate of drug-likeness (QED) is 0.243. The first kappa shape index (κ1) is 26.3. The maximum absolute atomic E-state index is 12.7. The summed E-state index contributed by atoms with van der Waals surface area (Å²) < 4.78 is 14.0. The molecule has 0 fully saturated rings. The summed E-state index contributed by atoms with van der Waals surface area (Å²) in [5.74, 6) is 2.36. The molecule has 0 radical (unpaired) electrons. The zero-order chi connectivity index (χ0) is 26.4. The summed E-state index contributed by atoms with van der Waals surface area (Å²) in [6.45, 7) is 11.6. The topological polar surface area (TPSA) is 65.4 Å². The van der Waals surface area contributed by atoms with Crippen molar-refractivity contribution in [3.63, 3.8) is 0 Å². The number of unbranched alkanes of at least 4 members (excludes halogenated alkanes) is 1. The van der Waals surface area contributed by atoms with Crippen LogP contribution in [0, 0.1) is 27.7 Å². The van der Waals surface area contributed by atoms with Gasteiger partial charge in [-0.15, -0.1) is 0 Å². The van der Waals surface area contributed by atoms with Crippen molar-refractivity contribution in [2.45, 2.75) is 60.0 Å². The maximum atomic E-state index is 12.7. The molecule has 37 heavy (non-hydrogen) atoms. The Morgan fingerprint density at radius 1 is 0.919 bits per heavy atom. The Bertz CT molecular complexity index is 1380. The Morgan fingerprint density at radius 3 is 2.57 bits per heavy atom. The Balaban J connectivity index is 1.37. The van der Waals surface area contributed by atoms with Crippen LogP contribution < -0.4 is 14.8 Å². The van der Waals surface area contributed by atoms with Crippen molar-refractivity contribution >= 4 is 16.9 Å². The zero-order valence-corrected chi connectivity index (χ0v) is 22.5. The number of imidazole rings is 1. The van der Waals surface area contributed by atoms with Crippen LogP contribution in [0.2, 0.25) is 0 Å². The maximum Gasteiger partial charge on any atom is 0.258 e. The minimum absolute atomic E-state index is 0.0371. The average Bonchev–Trinajstić information content (AvgIpc) is 3.25. The third-order valence-corrected chi connectivity index (χ3v) is 6.74. The highest BCUT2D eigenvalue weighted by atomic mass is 16.5. The highest BCUT2D eigenvalue weighted by Gasteiger charge is 2.19. The predicted octanol–water partition coefficient (Wildman–Crippen LogP) is 6.39. The van der Waals surface area contributed by atoms with Crippen LogP contribution in [0.4, 0.5) is 0 Å². The second-order valence-corrected chi connectivity index (χ2v) is 9.71. The summed E-state index contributed by atoms with van der Waals surface area (Å²) in [5, 5.41) is 3.06. The predicted molar refractivity (Wildman–Crippen MR) is 148 cm³/mol. The number of para-hydroxylation sites is 2. The normalized spacial score (nSPS) is 11.9. The lowest BCUT2D eigenvalue weighted by molar-refractivity contribution is -0.123. The molecule has 4 rings (SSSR count). The van der Waals surface area contributed by atoms with E-state index < -0.39 is 0 Å². The van der Waals surface area contributed by atoms with Gasteiger partial charge < -0.3 is 19.4 Å². The van der Waals surface area contributed by atoms with Crippen LogP contribution >= 0.6 is 0 Å². The first-order chi connectivity index (χ1) is 17.8. The molecule has 1 N–H and O–H groups in total. The van der Waals surface area contributed by atoms with Gasteiger partial charge in [0.25, 0.3) is 5.91 Å². The van der Waals surface area contributed by atoms with Crippen LogP contribution in [0.3, 0.4) is 0 Å². The van der Waals surface area contributed by atoms with Crippen LogP contribution in [0.1, 0.15) is 53.9 Å². The van der Waals surface area contributed by atoms with Gasteiger partial charge in [0, 0.05) is 6.54 Å². The summed E-state index contributed by atoms with van der Waals surface area (Å²) in [4.78, 5) is 17.6. The molecule has 194 valence electrons. The van der Waals surface area contributed by atoms with Crippen LogP contribution in [0.5, 0.6) is 11.5 Å². The minimum Gasteiger partial charge on any atom is -0.493 e. The molecule has 0 bridgehead atoms. The number of hydrogen-bond acceptors (Lipinski definition) is 4. The van der Waals surface area contributed by atoms with Gasteiger partial charge >= 0.3 is 0 Å². The number of amides is 1. The Hall–Kier alpha value is -3.80. The highest BCUT2D eigenvalue weighted by Crippen LogP contribution is 2.23. The Kier molecular flexibility index (Phi) is 8.49. The Labute approximate surface area is 219 Å². The molecule has 1 atom stereocenters. The summed E-state index contributed by atoms with van der Waals surface area (Å²) >= 11 is 0. The van der Waals surface area contributed by atoms with E-state index in [0.717, 1.165) is 58.9 Å². The molecule has 1 amide bonds. The molecule has 0 saturated carbocycles. The fraction of sp³-hybridized carbons (Fsp3) is 0.355. The fourth-order valence-corrected chi connectivity index (χ4v) is 4.45. The smallest absolute Gasteiger partial charge is 0.258 e. The number of benzene rings is 3. The molecule has 4 aromatic rings. The standard InChI is InChI=1S/C31H37N3O3/c1-21-15-16-23(3)29(19-21)37-20-30(35)32-25(5)31-33-26-12-6-7-13-27(26)34(31)17-8-9-18-36-28-14-10-11-22(2)24(28)4/h6-7,10-16,19,25H,8-9,17-18,20H2,1-5H3,(H,32,35). The number of carbonyl (C=O) groups is 1. The van der Waals surface area contributed by atoms with Gasteiger partial charge in [-0.25, -0.2) is 4.98 Å². The number of aryl methyl sites for hydroxylation is 4.